The Morgan fingerprint density at radius 1 is 0.250 bits per heavy atom. The van der Waals surface area contributed by atoms with E-state index in [0.717, 1.165) is 225 Å². The van der Waals surface area contributed by atoms with E-state index in [4.69, 9.17) is 37.0 Å². The summed E-state index contributed by atoms with van der Waals surface area (Å²) in [4.78, 5) is 73.3. The lowest BCUT2D eigenvalue weighted by atomic mass is 10.1. The number of rotatable bonds is 78. The van der Waals surface area contributed by atoms with Crippen molar-refractivity contribution in [2.24, 2.45) is 0 Å². The zero-order valence-corrected chi connectivity index (χ0v) is 71.3. The first-order valence-corrected chi connectivity index (χ1v) is 45.7. The van der Waals surface area contributed by atoms with Crippen LogP contribution in [-0.2, 0) is 65.4 Å². The van der Waals surface area contributed by atoms with Gasteiger partial charge < -0.3 is 33.8 Å². The average Bonchev–Trinajstić information content (AvgIpc) is 0.898. The normalized spacial score (nSPS) is 14.7. The molecule has 0 aromatic rings. The van der Waals surface area contributed by atoms with Gasteiger partial charge >= 0.3 is 39.5 Å². The van der Waals surface area contributed by atoms with E-state index in [-0.39, 0.29) is 25.7 Å². The molecule has 0 amide bonds. The summed E-state index contributed by atoms with van der Waals surface area (Å²) in [5.74, 6) is -2.30. The van der Waals surface area contributed by atoms with Crippen LogP contribution in [0.5, 0.6) is 0 Å². The highest BCUT2D eigenvalue weighted by atomic mass is 31.2. The largest absolute Gasteiger partial charge is 0.472 e. The molecule has 112 heavy (non-hydrogen) atoms. The molecule has 5 unspecified atom stereocenters. The minimum atomic E-state index is -5.01. The van der Waals surface area contributed by atoms with Gasteiger partial charge in [0.05, 0.1) is 26.4 Å². The number of ether oxygens (including phenoxy) is 4. The van der Waals surface area contributed by atoms with Gasteiger partial charge in [-0.05, 0) is 173 Å². The Labute approximate surface area is 678 Å². The molecule has 0 aromatic carbocycles. The van der Waals surface area contributed by atoms with Crippen molar-refractivity contribution in [1.29, 1.82) is 0 Å². The average molecular weight is 1600 g/mol. The third kappa shape index (κ3) is 81.9. The molecule has 0 saturated heterocycles. The highest BCUT2D eigenvalue weighted by Crippen LogP contribution is 2.45. The van der Waals surface area contributed by atoms with Crippen molar-refractivity contribution in [3.05, 3.63) is 194 Å². The maximum absolute atomic E-state index is 13.2. The number of carbonyl (C=O) groups excluding carboxylic acids is 4. The van der Waals surface area contributed by atoms with Crippen LogP contribution in [-0.4, -0.2) is 96.7 Å². The third-order valence-electron chi connectivity index (χ3n) is 17.0. The van der Waals surface area contributed by atoms with Gasteiger partial charge in [0.1, 0.15) is 19.3 Å². The van der Waals surface area contributed by atoms with Crippen molar-refractivity contribution in [3.8, 4) is 0 Å². The molecule has 19 heteroatoms. The summed E-state index contributed by atoms with van der Waals surface area (Å²) in [6, 6.07) is 0. The van der Waals surface area contributed by atoms with E-state index in [1.807, 2.05) is 12.2 Å². The number of allylic oxidation sites excluding steroid dienone is 32. The van der Waals surface area contributed by atoms with Gasteiger partial charge in [0, 0.05) is 25.7 Å². The number of phosphoric ester groups is 2. The van der Waals surface area contributed by atoms with Gasteiger partial charge in [0.25, 0.3) is 0 Å². The fraction of sp³-hybridized carbons (Fsp3) is 0.613. The molecule has 634 valence electrons. The van der Waals surface area contributed by atoms with Gasteiger partial charge in [-0.15, -0.1) is 0 Å². The van der Waals surface area contributed by atoms with Gasteiger partial charge in [-0.3, -0.25) is 37.3 Å². The fourth-order valence-electron chi connectivity index (χ4n) is 10.7. The van der Waals surface area contributed by atoms with Crippen LogP contribution in [0.1, 0.15) is 310 Å². The van der Waals surface area contributed by atoms with Crippen LogP contribution in [0.2, 0.25) is 0 Å². The van der Waals surface area contributed by atoms with Crippen LogP contribution >= 0.6 is 15.6 Å². The second kappa shape index (κ2) is 82.9. The van der Waals surface area contributed by atoms with E-state index < -0.39 is 97.5 Å². The summed E-state index contributed by atoms with van der Waals surface area (Å²) in [6.45, 7) is 4.32. The Hall–Kier alpha value is -6.10. The molecule has 0 aliphatic rings. The molecule has 5 atom stereocenters. The number of hydrogen-bond acceptors (Lipinski definition) is 15. The number of esters is 4. The fourth-order valence-corrected chi connectivity index (χ4v) is 12.3. The van der Waals surface area contributed by atoms with Gasteiger partial charge in [-0.1, -0.05) is 306 Å². The smallest absolute Gasteiger partial charge is 0.462 e. The van der Waals surface area contributed by atoms with E-state index in [0.29, 0.717) is 32.1 Å². The van der Waals surface area contributed by atoms with Gasteiger partial charge in [0.15, 0.2) is 12.2 Å². The maximum Gasteiger partial charge on any atom is 0.472 e. The van der Waals surface area contributed by atoms with Crippen LogP contribution in [0.25, 0.3) is 0 Å². The first-order chi connectivity index (χ1) is 54.7. The summed E-state index contributed by atoms with van der Waals surface area (Å²) < 4.78 is 68.8. The Morgan fingerprint density at radius 3 is 0.705 bits per heavy atom. The highest BCUT2D eigenvalue weighted by Gasteiger charge is 2.30. The Kier molecular flexibility index (Phi) is 78.4. The topological polar surface area (TPSA) is 237 Å². The number of aliphatic hydroxyl groups is 1. The second-order valence-corrected chi connectivity index (χ2v) is 30.5. The third-order valence-corrected chi connectivity index (χ3v) is 18.9. The minimum absolute atomic E-state index is 0.0639. The molecule has 17 nitrogen and oxygen atoms in total. The van der Waals surface area contributed by atoms with E-state index in [9.17, 15) is 43.2 Å². The lowest BCUT2D eigenvalue weighted by molar-refractivity contribution is -0.161. The maximum atomic E-state index is 13.2. The van der Waals surface area contributed by atoms with Crippen LogP contribution < -0.4 is 0 Å². The van der Waals surface area contributed by atoms with Crippen molar-refractivity contribution in [2.75, 3.05) is 39.6 Å². The van der Waals surface area contributed by atoms with Gasteiger partial charge in [0.2, 0.25) is 0 Å². The van der Waals surface area contributed by atoms with E-state index in [1.54, 1.807) is 0 Å². The molecular formula is C93H150O17P2. The summed E-state index contributed by atoms with van der Waals surface area (Å²) >= 11 is 0. The van der Waals surface area contributed by atoms with Crippen molar-refractivity contribution in [1.82, 2.24) is 0 Å². The predicted octanol–water partition coefficient (Wildman–Crippen LogP) is 25.7. The molecule has 0 heterocycles. The molecule has 0 spiro atoms. The molecule has 0 fully saturated rings. The Balaban J connectivity index is 5.49. The monoisotopic (exact) mass is 1600 g/mol. The van der Waals surface area contributed by atoms with E-state index in [1.165, 1.54) is 0 Å². The zero-order chi connectivity index (χ0) is 81.7. The SMILES string of the molecule is CC/C=C\C/C=C\C/C=C\C/C=C\C/C=C\CCCC(=O)OCC(COP(=O)(O)OCC(O)COP(=O)(O)OCC(COC(=O)CCCCCCCC/C=C\C/C=C\C/C=C\C/C=C\CC)OC(=O)CCCCCCCC/C=C\C/C=C\C/C=C\C/C=C\CC)OC(=O)CCCCCCCCC/C=C\C/C=C\C/C=C\CC. The van der Waals surface area contributed by atoms with Crippen molar-refractivity contribution in [2.45, 2.75) is 329 Å². The predicted molar refractivity (Wildman–Crippen MR) is 463 cm³/mol. The number of phosphoric acid groups is 2. The van der Waals surface area contributed by atoms with Crippen LogP contribution in [0.4, 0.5) is 0 Å². The van der Waals surface area contributed by atoms with Crippen molar-refractivity contribution in [3.63, 3.8) is 0 Å². The summed E-state index contributed by atoms with van der Waals surface area (Å²) in [6.07, 6.45) is 102. The molecule has 3 N–H and O–H groups in total. The highest BCUT2D eigenvalue weighted by molar-refractivity contribution is 7.47. The van der Waals surface area contributed by atoms with Crippen molar-refractivity contribution < 1.29 is 80.2 Å². The second-order valence-electron chi connectivity index (χ2n) is 27.6. The summed E-state index contributed by atoms with van der Waals surface area (Å²) in [5, 5.41) is 10.7. The van der Waals surface area contributed by atoms with Crippen LogP contribution in [0.15, 0.2) is 194 Å². The Morgan fingerprint density at radius 2 is 0.446 bits per heavy atom. The minimum Gasteiger partial charge on any atom is -0.462 e. The number of aliphatic hydroxyl groups excluding tert-OH is 1. The number of carbonyl (C=O) groups is 4. The molecule has 0 aromatic heterocycles. The van der Waals surface area contributed by atoms with E-state index in [2.05, 4.69) is 210 Å². The van der Waals surface area contributed by atoms with E-state index >= 15 is 0 Å². The quantitative estimate of drug-likeness (QED) is 0.0169. The number of hydrogen-bond donors (Lipinski definition) is 3. The van der Waals surface area contributed by atoms with Gasteiger partial charge in [-0.2, -0.15) is 0 Å². The van der Waals surface area contributed by atoms with Gasteiger partial charge in [-0.25, -0.2) is 9.13 Å². The lowest BCUT2D eigenvalue weighted by Crippen LogP contribution is -2.30. The first-order valence-electron chi connectivity index (χ1n) is 42.7. The molecule has 0 aliphatic carbocycles. The lowest BCUT2D eigenvalue weighted by Gasteiger charge is -2.21. The first kappa shape index (κ1) is 106. The molecule has 0 radical (unpaired) electrons. The van der Waals surface area contributed by atoms with Crippen LogP contribution in [0.3, 0.4) is 0 Å². The molecule has 0 rings (SSSR count). The number of unbranched alkanes of at least 4 members (excludes halogenated alkanes) is 20. The zero-order valence-electron chi connectivity index (χ0n) is 69.5. The summed E-state index contributed by atoms with van der Waals surface area (Å²) in [7, 11) is -10.0. The molecule has 0 aliphatic heterocycles. The standard InChI is InChI=1S/C93H150O17P2/c1-5-9-13-17-21-25-29-33-37-41-43-47-50-54-58-62-66-70-74-78-91(96)104-84-89(110-93(98)80-76-72-68-64-60-56-52-48-44-42-38-34-30-26-22-18-14-10-6-2)86-108-112(101,102)106-82-87(94)81-105-111(99,100)107-85-88(109-92(97)79-75-71-67-63-59-55-51-46-40-36-32-28-24-20-16-12-8-4)83-103-90(95)77-73-69-65-61-57-53-49-45-39-35-31-27-23-19-15-11-7-3/h9-16,21-28,33-40,43-44,47-49,53,61,65,87-89,94H,5-8,17-20,29-32,41-42,45-46,50-52,54-60,62-64,66-86H2,1-4H3,(H,99,100)(H,101,102)/b13-9-,14-10-,15-11-,16-12-,25-21-,26-22-,27-23-,28-24-,37-33-,38-34-,39-35-,40-36-,47-43-,48-44-,53-49-,65-61-. The molecular weight excluding hydrogens is 1450 g/mol. The molecule has 0 saturated carbocycles. The summed E-state index contributed by atoms with van der Waals surface area (Å²) in [5.41, 5.74) is 0. The molecule has 0 bridgehead atoms. The Bertz CT molecular complexity index is 2890. The van der Waals surface area contributed by atoms with Crippen molar-refractivity contribution >= 4 is 39.5 Å². The van der Waals surface area contributed by atoms with Crippen LogP contribution in [0, 0.1) is 0 Å².